The number of carbonyl (C=O) groups is 1. The van der Waals surface area contributed by atoms with Crippen LogP contribution in [-0.2, 0) is 40.9 Å². The number of methoxy groups -OCH3 is 2. The molecule has 0 unspecified atom stereocenters. The number of ether oxygens (including phenoxy) is 2. The van der Waals surface area contributed by atoms with E-state index in [9.17, 15) is 13.2 Å². The van der Waals surface area contributed by atoms with Crippen molar-refractivity contribution in [1.82, 2.24) is 14.1 Å². The lowest BCUT2D eigenvalue weighted by molar-refractivity contribution is -0.115. The Labute approximate surface area is 268 Å². The lowest BCUT2D eigenvalue weighted by atomic mass is 10.1. The van der Waals surface area contributed by atoms with Crippen molar-refractivity contribution in [2.24, 2.45) is 0 Å². The van der Waals surface area contributed by atoms with Gasteiger partial charge in [-0.1, -0.05) is 61.0 Å². The third-order valence-electron chi connectivity index (χ3n) is 7.33. The van der Waals surface area contributed by atoms with Gasteiger partial charge in [-0.3, -0.25) is 9.48 Å². The van der Waals surface area contributed by atoms with Crippen LogP contribution in [0.3, 0.4) is 0 Å². The van der Waals surface area contributed by atoms with E-state index in [0.29, 0.717) is 45.2 Å². The molecular weight excluding hydrogens is 612 g/mol. The van der Waals surface area contributed by atoms with E-state index in [4.69, 9.17) is 21.1 Å². The monoisotopic (exact) mass is 646 g/mol. The lowest BCUT2D eigenvalue weighted by Gasteiger charge is -2.23. The van der Waals surface area contributed by atoms with Gasteiger partial charge in [0.25, 0.3) is 0 Å². The first-order valence-electron chi connectivity index (χ1n) is 14.5. The van der Waals surface area contributed by atoms with Crippen LogP contribution in [0.2, 0.25) is 5.02 Å². The minimum atomic E-state index is -4.14. The second-order valence-corrected chi connectivity index (χ2v) is 12.9. The summed E-state index contributed by atoms with van der Waals surface area (Å²) in [6, 6.07) is 24.9. The van der Waals surface area contributed by atoms with Crippen LogP contribution in [0.1, 0.15) is 30.0 Å². The van der Waals surface area contributed by atoms with Crippen molar-refractivity contribution in [2.75, 3.05) is 19.5 Å². The Balaban J connectivity index is 1.56. The van der Waals surface area contributed by atoms with Crippen LogP contribution in [-0.4, -0.2) is 42.6 Å². The zero-order valence-corrected chi connectivity index (χ0v) is 26.9. The number of rotatable bonds is 13. The first-order valence-corrected chi connectivity index (χ1v) is 16.3. The molecule has 9 nitrogen and oxygen atoms in total. The molecule has 1 heterocycles. The highest BCUT2D eigenvalue weighted by atomic mass is 35.5. The number of aryl methyl sites for hydroxylation is 1. The maximum atomic E-state index is 14.7. The van der Waals surface area contributed by atoms with Crippen LogP contribution in [0, 0.1) is 0 Å². The van der Waals surface area contributed by atoms with Crippen LogP contribution in [0.25, 0.3) is 10.9 Å². The molecule has 45 heavy (non-hydrogen) atoms. The highest BCUT2D eigenvalue weighted by Gasteiger charge is 2.29. The summed E-state index contributed by atoms with van der Waals surface area (Å²) in [4.78, 5) is 13.1. The molecule has 0 fully saturated rings. The first kappa shape index (κ1) is 32.0. The van der Waals surface area contributed by atoms with Crippen molar-refractivity contribution in [1.29, 1.82) is 0 Å². The third-order valence-corrected chi connectivity index (χ3v) is 9.53. The second-order valence-electron chi connectivity index (χ2n) is 10.6. The fourth-order valence-corrected chi connectivity index (χ4v) is 6.85. The van der Waals surface area contributed by atoms with Crippen molar-refractivity contribution in [2.45, 2.75) is 44.3 Å². The van der Waals surface area contributed by atoms with E-state index in [2.05, 4.69) is 10.4 Å². The van der Waals surface area contributed by atoms with E-state index in [-0.39, 0.29) is 30.3 Å². The summed E-state index contributed by atoms with van der Waals surface area (Å²) in [7, 11) is -0.970. The normalized spacial score (nSPS) is 11.6. The molecule has 0 saturated carbocycles. The molecule has 5 aromatic rings. The van der Waals surface area contributed by atoms with E-state index in [1.54, 1.807) is 73.6 Å². The van der Waals surface area contributed by atoms with E-state index in [1.807, 2.05) is 37.3 Å². The van der Waals surface area contributed by atoms with E-state index in [0.717, 1.165) is 17.5 Å². The van der Waals surface area contributed by atoms with Crippen molar-refractivity contribution < 1.29 is 22.7 Å². The van der Waals surface area contributed by atoms with Crippen LogP contribution >= 0.6 is 11.6 Å². The summed E-state index contributed by atoms with van der Waals surface area (Å²) >= 11 is 6.28. The minimum Gasteiger partial charge on any atom is -0.497 e. The molecule has 1 aromatic heterocycles. The number of anilines is 1. The molecule has 1 N–H and O–H groups in total. The van der Waals surface area contributed by atoms with Gasteiger partial charge >= 0.3 is 0 Å². The molecule has 0 bridgehead atoms. The van der Waals surface area contributed by atoms with Gasteiger partial charge in [0.2, 0.25) is 15.9 Å². The highest BCUT2D eigenvalue weighted by molar-refractivity contribution is 7.89. The van der Waals surface area contributed by atoms with Gasteiger partial charge < -0.3 is 14.8 Å². The first-order chi connectivity index (χ1) is 21.7. The van der Waals surface area contributed by atoms with E-state index < -0.39 is 10.0 Å². The predicted octanol–water partition coefficient (Wildman–Crippen LogP) is 6.69. The highest BCUT2D eigenvalue weighted by Crippen LogP contribution is 2.32. The van der Waals surface area contributed by atoms with Gasteiger partial charge in [-0.05, 0) is 65.6 Å². The maximum absolute atomic E-state index is 14.7. The van der Waals surface area contributed by atoms with Gasteiger partial charge in [0.15, 0.2) is 0 Å². The molecule has 234 valence electrons. The number of hydrogen-bond acceptors (Lipinski definition) is 6. The standard InChI is InChI=1S/C34H35ClN4O5S/c1-4-17-38-23-30-32(37-38)19-27(36-34(40)18-26-7-5-6-8-31(26)35)20-33(30)45(41,42)39(21-24-9-13-28(43-2)14-10-24)22-25-11-15-29(44-3)16-12-25/h5-16,19-20,23H,4,17-18,21-22H2,1-3H3,(H,36,40). The Bertz CT molecular complexity index is 1840. The summed E-state index contributed by atoms with van der Waals surface area (Å²) in [5, 5.41) is 8.47. The van der Waals surface area contributed by atoms with Gasteiger partial charge in [0.1, 0.15) is 11.5 Å². The molecule has 1 amide bonds. The van der Waals surface area contributed by atoms with Crippen molar-refractivity contribution in [3.05, 3.63) is 113 Å². The zero-order chi connectivity index (χ0) is 32.0. The number of carbonyl (C=O) groups excluding carboxylic acids is 1. The summed E-state index contributed by atoms with van der Waals surface area (Å²) < 4.78 is 43.0. The fourth-order valence-electron chi connectivity index (χ4n) is 5.02. The molecule has 0 aliphatic rings. The maximum Gasteiger partial charge on any atom is 0.244 e. The molecule has 0 aliphatic carbocycles. The van der Waals surface area contributed by atoms with Crippen LogP contribution in [0.15, 0.2) is 96.0 Å². The number of fused-ring (bicyclic) bond motifs is 1. The molecular formula is C34H35ClN4O5S. The number of benzene rings is 4. The average Bonchev–Trinajstić information content (AvgIpc) is 3.44. The second kappa shape index (κ2) is 14.2. The quantitative estimate of drug-likeness (QED) is 0.153. The molecule has 0 aliphatic heterocycles. The van der Waals surface area contributed by atoms with Crippen molar-refractivity contribution in [3.63, 3.8) is 0 Å². The lowest BCUT2D eigenvalue weighted by Crippen LogP contribution is -2.30. The molecule has 0 saturated heterocycles. The summed E-state index contributed by atoms with van der Waals surface area (Å²) in [6.07, 6.45) is 2.60. The third kappa shape index (κ3) is 7.65. The fraction of sp³-hybridized carbons (Fsp3) is 0.235. The van der Waals surface area contributed by atoms with Crippen LogP contribution < -0.4 is 14.8 Å². The molecule has 5 rings (SSSR count). The van der Waals surface area contributed by atoms with Crippen molar-refractivity contribution >= 4 is 44.1 Å². The Hall–Kier alpha value is -4.38. The Morgan fingerprint density at radius 3 is 2.07 bits per heavy atom. The Morgan fingerprint density at radius 1 is 0.911 bits per heavy atom. The molecule has 0 atom stereocenters. The topological polar surface area (TPSA) is 103 Å². The smallest absolute Gasteiger partial charge is 0.244 e. The van der Waals surface area contributed by atoms with Gasteiger partial charge in [-0.15, -0.1) is 0 Å². The SMILES string of the molecule is CCCn1cc2c(S(=O)(=O)N(Cc3ccc(OC)cc3)Cc3ccc(OC)cc3)cc(NC(=O)Cc3ccccc3Cl)cc2n1. The minimum absolute atomic E-state index is 0.0329. The number of halogens is 1. The number of nitrogens with one attached hydrogen (secondary N) is 1. The number of sulfonamides is 1. The van der Waals surface area contributed by atoms with Gasteiger partial charge in [-0.2, -0.15) is 9.40 Å². The number of aromatic nitrogens is 2. The van der Waals surface area contributed by atoms with Crippen molar-refractivity contribution in [3.8, 4) is 11.5 Å². The predicted molar refractivity (Wildman–Crippen MR) is 176 cm³/mol. The van der Waals surface area contributed by atoms with Crippen LogP contribution in [0.5, 0.6) is 11.5 Å². The van der Waals surface area contributed by atoms with Gasteiger partial charge in [0, 0.05) is 41.9 Å². The number of nitrogens with zero attached hydrogens (tertiary/aromatic N) is 3. The summed E-state index contributed by atoms with van der Waals surface area (Å²) in [5.74, 6) is 1.02. The van der Waals surface area contributed by atoms with Gasteiger partial charge in [-0.25, -0.2) is 8.42 Å². The molecule has 0 spiro atoms. The van der Waals surface area contributed by atoms with E-state index >= 15 is 0 Å². The molecule has 4 aromatic carbocycles. The summed E-state index contributed by atoms with van der Waals surface area (Å²) in [6.45, 7) is 2.84. The number of hydrogen-bond donors (Lipinski definition) is 1. The summed E-state index contributed by atoms with van der Waals surface area (Å²) in [5.41, 5.74) is 3.04. The zero-order valence-electron chi connectivity index (χ0n) is 25.4. The average molecular weight is 647 g/mol. The Kier molecular flexibility index (Phi) is 10.1. The molecule has 11 heteroatoms. The Morgan fingerprint density at radius 2 is 1.51 bits per heavy atom. The van der Waals surface area contributed by atoms with E-state index in [1.165, 1.54) is 10.4 Å². The van der Waals surface area contributed by atoms with Gasteiger partial charge in [0.05, 0.1) is 31.1 Å². The van der Waals surface area contributed by atoms with Crippen LogP contribution in [0.4, 0.5) is 5.69 Å². The molecule has 0 radical (unpaired) electrons. The largest absolute Gasteiger partial charge is 0.497 e. The number of amides is 1.